The summed E-state index contributed by atoms with van der Waals surface area (Å²) in [6.45, 7) is 2.25. The summed E-state index contributed by atoms with van der Waals surface area (Å²) in [5.74, 6) is -0.834. The molecule has 8 heteroatoms. The van der Waals surface area contributed by atoms with Crippen molar-refractivity contribution in [1.29, 1.82) is 0 Å². The summed E-state index contributed by atoms with van der Waals surface area (Å²) in [5, 5.41) is 2.80. The van der Waals surface area contributed by atoms with E-state index in [1.807, 2.05) is 6.92 Å². The second kappa shape index (κ2) is 5.49. The van der Waals surface area contributed by atoms with Gasteiger partial charge in [-0.05, 0) is 24.6 Å². The van der Waals surface area contributed by atoms with Crippen LogP contribution in [0.2, 0.25) is 0 Å². The second-order valence-corrected chi connectivity index (χ2v) is 4.69. The van der Waals surface area contributed by atoms with Crippen LogP contribution in [0.5, 0.6) is 0 Å². The monoisotopic (exact) mass is 300 g/mol. The van der Waals surface area contributed by atoms with Crippen molar-refractivity contribution in [3.63, 3.8) is 0 Å². The fourth-order valence-electron chi connectivity index (χ4n) is 2.17. The molecule has 0 radical (unpaired) electrons. The van der Waals surface area contributed by atoms with Crippen LogP contribution in [0, 0.1) is 0 Å². The van der Waals surface area contributed by atoms with E-state index in [9.17, 15) is 14.4 Å². The maximum absolute atomic E-state index is 12.4. The van der Waals surface area contributed by atoms with Gasteiger partial charge < -0.3 is 5.32 Å². The van der Waals surface area contributed by atoms with Gasteiger partial charge in [0.2, 0.25) is 0 Å². The van der Waals surface area contributed by atoms with Gasteiger partial charge in [-0.15, -0.1) is 0 Å². The average molecular weight is 300 g/mol. The number of rotatable bonds is 4. The fourth-order valence-corrected chi connectivity index (χ4v) is 2.17. The van der Waals surface area contributed by atoms with Crippen molar-refractivity contribution in [3.8, 4) is 0 Å². The minimum Gasteiger partial charge on any atom is -0.302 e. The van der Waals surface area contributed by atoms with E-state index in [-0.39, 0.29) is 22.5 Å². The Bertz CT molecular complexity index is 841. The molecule has 0 aromatic carbocycles. The van der Waals surface area contributed by atoms with Crippen LogP contribution in [-0.2, 0) is 9.63 Å². The van der Waals surface area contributed by atoms with Gasteiger partial charge in [0.15, 0.2) is 11.3 Å². The van der Waals surface area contributed by atoms with E-state index in [0.29, 0.717) is 17.5 Å². The van der Waals surface area contributed by atoms with E-state index in [1.165, 1.54) is 18.2 Å². The van der Waals surface area contributed by atoms with Gasteiger partial charge in [0.05, 0.1) is 17.9 Å². The first-order chi connectivity index (χ1) is 10.6. The number of hydrogen-bond donors (Lipinski definition) is 2. The number of ketones is 1. The lowest BCUT2D eigenvalue weighted by Crippen LogP contribution is -2.35. The summed E-state index contributed by atoms with van der Waals surface area (Å²) in [4.78, 5) is 48.3. The molecule has 2 aliphatic rings. The molecule has 112 valence electrons. The smallest absolute Gasteiger partial charge is 0.302 e. The van der Waals surface area contributed by atoms with E-state index < -0.39 is 11.9 Å². The highest BCUT2D eigenvalue weighted by Crippen LogP contribution is 2.13. The lowest BCUT2D eigenvalue weighted by molar-refractivity contribution is -0.109. The van der Waals surface area contributed by atoms with Gasteiger partial charge in [0.25, 0.3) is 5.91 Å². The first kappa shape index (κ1) is 14.1. The number of aromatic nitrogens is 1. The zero-order chi connectivity index (χ0) is 15.7. The number of anilines is 1. The maximum atomic E-state index is 12.4. The Morgan fingerprint density at radius 3 is 2.95 bits per heavy atom. The lowest BCUT2D eigenvalue weighted by Gasteiger charge is -2.11. The van der Waals surface area contributed by atoms with Crippen molar-refractivity contribution < 1.29 is 19.2 Å². The first-order valence-corrected chi connectivity index (χ1v) is 6.69. The Morgan fingerprint density at radius 2 is 2.18 bits per heavy atom. The molecule has 3 amide bonds. The number of nitrogens with zero attached hydrogens (tertiary/aromatic N) is 2. The van der Waals surface area contributed by atoms with E-state index in [4.69, 9.17) is 4.84 Å². The molecule has 0 saturated heterocycles. The van der Waals surface area contributed by atoms with Crippen LogP contribution in [0.15, 0.2) is 11.1 Å². The number of amides is 3. The van der Waals surface area contributed by atoms with Gasteiger partial charge in [-0.2, -0.15) is 4.99 Å². The molecule has 0 spiro atoms. The molecular formula is C14H12N4O4. The molecule has 3 rings (SSSR count). The van der Waals surface area contributed by atoms with Crippen LogP contribution in [0.4, 0.5) is 10.5 Å². The molecule has 22 heavy (non-hydrogen) atoms. The van der Waals surface area contributed by atoms with E-state index >= 15 is 0 Å². The number of carbonyl (C=O) groups is 3. The number of pyridine rings is 1. The van der Waals surface area contributed by atoms with Crippen molar-refractivity contribution in [1.82, 2.24) is 10.5 Å². The molecule has 0 atom stereocenters. The second-order valence-electron chi connectivity index (χ2n) is 4.69. The molecule has 0 saturated carbocycles. The summed E-state index contributed by atoms with van der Waals surface area (Å²) < 4.78 is 0. The highest BCUT2D eigenvalue weighted by Gasteiger charge is 2.25. The molecule has 2 heterocycles. The van der Waals surface area contributed by atoms with Gasteiger partial charge in [-0.3, -0.25) is 14.4 Å². The third kappa shape index (κ3) is 2.40. The summed E-state index contributed by atoms with van der Waals surface area (Å²) in [5.41, 5.74) is 3.11. The third-order valence-electron chi connectivity index (χ3n) is 3.07. The molecule has 1 aromatic heterocycles. The number of urea groups is 1. The molecule has 0 fully saturated rings. The average Bonchev–Trinajstić information content (AvgIpc) is 2.84. The number of allylic oxidation sites excluding steroid dienone is 1. The number of carbonyl (C=O) groups excluding carboxylic acids is 3. The standard InChI is InChI=1S/C14H12N4O4/c1-2-5-22-18-13(20)10-8-6-7(19)3-4-9(8)15-12-11(10)16-14(21)17-12/h3-4,6H,2,5H2,1H3,(H,16,21)(H,18,20). The first-order valence-electron chi connectivity index (χ1n) is 6.69. The van der Waals surface area contributed by atoms with Crippen LogP contribution in [0.25, 0.3) is 12.2 Å². The Labute approximate surface area is 124 Å². The van der Waals surface area contributed by atoms with Gasteiger partial charge >= 0.3 is 6.03 Å². The van der Waals surface area contributed by atoms with Gasteiger partial charge in [-0.1, -0.05) is 6.92 Å². The number of fused-ring (bicyclic) bond motifs is 2. The van der Waals surface area contributed by atoms with Crippen molar-refractivity contribution in [2.45, 2.75) is 13.3 Å². The Hall–Kier alpha value is -2.87. The van der Waals surface area contributed by atoms with Crippen LogP contribution < -0.4 is 21.5 Å². The van der Waals surface area contributed by atoms with Gasteiger partial charge in [0, 0.05) is 5.22 Å². The largest absolute Gasteiger partial charge is 0.347 e. The zero-order valence-corrected chi connectivity index (χ0v) is 11.7. The van der Waals surface area contributed by atoms with Gasteiger partial charge in [-0.25, -0.2) is 15.3 Å². The zero-order valence-electron chi connectivity index (χ0n) is 11.7. The van der Waals surface area contributed by atoms with Crippen LogP contribution in [0.1, 0.15) is 29.4 Å². The predicted molar refractivity (Wildman–Crippen MR) is 76.3 cm³/mol. The van der Waals surface area contributed by atoms with E-state index in [1.54, 1.807) is 0 Å². The summed E-state index contributed by atoms with van der Waals surface area (Å²) in [6, 6.07) is -0.608. The van der Waals surface area contributed by atoms with Crippen LogP contribution in [0.3, 0.4) is 0 Å². The Morgan fingerprint density at radius 1 is 1.36 bits per heavy atom. The van der Waals surface area contributed by atoms with Crippen LogP contribution >= 0.6 is 0 Å². The van der Waals surface area contributed by atoms with Crippen molar-refractivity contribution in [3.05, 3.63) is 28.0 Å². The normalized spacial score (nSPS) is 14.6. The molecule has 0 bridgehead atoms. The number of nitrogens with one attached hydrogen (secondary N) is 2. The minimum absolute atomic E-state index is 0.114. The maximum Gasteiger partial charge on any atom is 0.347 e. The highest BCUT2D eigenvalue weighted by molar-refractivity contribution is 6.18. The van der Waals surface area contributed by atoms with Crippen molar-refractivity contribution >= 4 is 35.6 Å². The van der Waals surface area contributed by atoms with Crippen molar-refractivity contribution in [2.75, 3.05) is 11.9 Å². The summed E-state index contributed by atoms with van der Waals surface area (Å²) in [7, 11) is 0. The third-order valence-corrected chi connectivity index (χ3v) is 3.07. The SMILES string of the molecule is CCCONC(=O)c1c2c(nc3c1=CC(=O)C=C3)=NC(=O)N2. The van der Waals surface area contributed by atoms with E-state index in [2.05, 4.69) is 20.8 Å². The number of hydrogen-bond acceptors (Lipinski definition) is 5. The predicted octanol–water partition coefficient (Wildman–Crippen LogP) is -0.306. The van der Waals surface area contributed by atoms with Gasteiger partial charge in [0.1, 0.15) is 5.69 Å². The minimum atomic E-state index is -0.608. The molecule has 1 aliphatic heterocycles. The molecule has 2 N–H and O–H groups in total. The van der Waals surface area contributed by atoms with Crippen LogP contribution in [-0.4, -0.2) is 29.3 Å². The topological polar surface area (TPSA) is 110 Å². The Balaban J connectivity index is 2.15. The summed E-state index contributed by atoms with van der Waals surface area (Å²) in [6.07, 6.45) is 4.84. The molecule has 1 aliphatic carbocycles. The highest BCUT2D eigenvalue weighted by atomic mass is 16.6. The molecule has 8 nitrogen and oxygen atoms in total. The lowest BCUT2D eigenvalue weighted by atomic mass is 10.0. The summed E-state index contributed by atoms with van der Waals surface area (Å²) >= 11 is 0. The Kier molecular flexibility index (Phi) is 3.51. The molecule has 0 unspecified atom stereocenters. The molecular weight excluding hydrogens is 288 g/mol. The quantitative estimate of drug-likeness (QED) is 0.586. The molecule has 1 aromatic rings. The van der Waals surface area contributed by atoms with Crippen molar-refractivity contribution in [2.24, 2.45) is 4.99 Å². The number of hydroxylamine groups is 1. The fraction of sp³-hybridized carbons (Fsp3) is 0.214. The van der Waals surface area contributed by atoms with E-state index in [0.717, 1.165) is 6.42 Å².